The number of nitrogens with one attached hydrogen (secondary N) is 1. The number of aromatic nitrogens is 1. The molecule has 0 aliphatic carbocycles. The summed E-state index contributed by atoms with van der Waals surface area (Å²) >= 11 is 1.33. The smallest absolute Gasteiger partial charge is 0.264 e. The number of thioether (sulfide) groups is 1. The number of hydrogen-bond acceptors (Lipinski definition) is 4. The molecule has 1 amide bonds. The van der Waals surface area contributed by atoms with Crippen LogP contribution >= 0.6 is 11.8 Å². The molecule has 1 saturated heterocycles. The van der Waals surface area contributed by atoms with Crippen LogP contribution < -0.4 is 5.32 Å². The molecule has 1 aliphatic rings. The summed E-state index contributed by atoms with van der Waals surface area (Å²) in [5.74, 6) is -0.162. The van der Waals surface area contributed by atoms with Gasteiger partial charge in [-0.15, -0.1) is 0 Å². The van der Waals surface area contributed by atoms with Gasteiger partial charge in [-0.05, 0) is 61.0 Å². The van der Waals surface area contributed by atoms with E-state index < -0.39 is 0 Å². The highest BCUT2D eigenvalue weighted by Gasteiger charge is 2.24. The molecule has 2 aromatic carbocycles. The van der Waals surface area contributed by atoms with E-state index in [0.717, 1.165) is 33.3 Å². The van der Waals surface area contributed by atoms with E-state index in [-0.39, 0.29) is 12.5 Å². The average Bonchev–Trinajstić information content (AvgIpc) is 3.16. The molecule has 5 nitrogen and oxygen atoms in total. The molecule has 0 unspecified atom stereocenters. The number of carbonyl (C=O) groups excluding carboxylic acids is 1. The molecule has 0 bridgehead atoms. The van der Waals surface area contributed by atoms with Crippen LogP contribution in [0, 0.1) is 25.2 Å². The van der Waals surface area contributed by atoms with Crippen LogP contribution in [0.15, 0.2) is 58.6 Å². The zero-order chi connectivity index (χ0) is 19.7. The first-order valence-corrected chi connectivity index (χ1v) is 9.68. The molecule has 6 heteroatoms. The largest absolute Gasteiger partial charge is 0.333 e. The number of aryl methyl sites for hydroxylation is 2. The van der Waals surface area contributed by atoms with Crippen molar-refractivity contribution < 1.29 is 4.79 Å². The van der Waals surface area contributed by atoms with Crippen molar-refractivity contribution in [1.29, 1.82) is 5.26 Å². The lowest BCUT2D eigenvalue weighted by molar-refractivity contribution is -0.115. The van der Waals surface area contributed by atoms with Gasteiger partial charge in [-0.3, -0.25) is 4.79 Å². The zero-order valence-corrected chi connectivity index (χ0v) is 16.4. The van der Waals surface area contributed by atoms with E-state index in [9.17, 15) is 4.79 Å². The van der Waals surface area contributed by atoms with Crippen molar-refractivity contribution in [2.45, 2.75) is 20.4 Å². The number of rotatable bonds is 3. The van der Waals surface area contributed by atoms with Gasteiger partial charge in [-0.2, -0.15) is 5.26 Å². The van der Waals surface area contributed by atoms with E-state index in [4.69, 9.17) is 5.26 Å². The molecule has 1 aromatic heterocycles. The number of para-hydroxylation sites is 1. The summed E-state index contributed by atoms with van der Waals surface area (Å²) in [6, 6.07) is 16.1. The van der Waals surface area contributed by atoms with Crippen LogP contribution in [0.5, 0.6) is 0 Å². The Morgan fingerprint density at radius 2 is 1.96 bits per heavy atom. The van der Waals surface area contributed by atoms with Crippen LogP contribution in [0.2, 0.25) is 0 Å². The summed E-state index contributed by atoms with van der Waals surface area (Å²) in [4.78, 5) is 17.6. The topological polar surface area (TPSA) is 70.2 Å². The first-order valence-electron chi connectivity index (χ1n) is 8.86. The van der Waals surface area contributed by atoms with Gasteiger partial charge in [0.05, 0.1) is 16.7 Å². The Kier molecular flexibility index (Phi) is 4.76. The Hall–Kier alpha value is -3.30. The Morgan fingerprint density at radius 1 is 1.21 bits per heavy atom. The van der Waals surface area contributed by atoms with E-state index in [0.29, 0.717) is 10.1 Å². The summed E-state index contributed by atoms with van der Waals surface area (Å²) in [7, 11) is 0. The number of amidine groups is 1. The number of benzene rings is 2. The molecule has 138 valence electrons. The maximum Gasteiger partial charge on any atom is 0.264 e. The molecule has 0 saturated carbocycles. The number of aliphatic imine (C=N–C) groups is 1. The number of carbonyl (C=O) groups is 1. The minimum absolute atomic E-state index is 0.162. The Balaban J connectivity index is 1.68. The van der Waals surface area contributed by atoms with Crippen LogP contribution in [0.1, 0.15) is 16.7 Å². The molecule has 1 N–H and O–H groups in total. The van der Waals surface area contributed by atoms with Gasteiger partial charge < -0.3 is 9.88 Å². The quantitative estimate of drug-likeness (QED) is 0.665. The highest BCUT2D eigenvalue weighted by molar-refractivity contribution is 8.18. The highest BCUT2D eigenvalue weighted by atomic mass is 32.2. The molecular weight excluding hydrogens is 368 g/mol. The molecule has 1 aliphatic heterocycles. The summed E-state index contributed by atoms with van der Waals surface area (Å²) in [6.45, 7) is 4.32. The Bertz CT molecular complexity index is 1180. The average molecular weight is 386 g/mol. The van der Waals surface area contributed by atoms with Crippen LogP contribution in [0.25, 0.3) is 17.0 Å². The van der Waals surface area contributed by atoms with E-state index in [2.05, 4.69) is 22.4 Å². The lowest BCUT2D eigenvalue weighted by Crippen LogP contribution is -2.19. The minimum atomic E-state index is -0.162. The van der Waals surface area contributed by atoms with Crippen molar-refractivity contribution in [2.75, 3.05) is 0 Å². The SMILES string of the molecule is Cc1cc(C)cc(N=C2NC(=O)/C(=C/c3cn(CC#N)c4ccccc34)S2)c1. The van der Waals surface area contributed by atoms with E-state index in [1.807, 2.05) is 67.1 Å². The molecule has 0 atom stereocenters. The van der Waals surface area contributed by atoms with Gasteiger partial charge in [0, 0.05) is 22.7 Å². The number of fused-ring (bicyclic) bond motifs is 1. The number of nitriles is 1. The van der Waals surface area contributed by atoms with Crippen molar-refractivity contribution in [1.82, 2.24) is 9.88 Å². The summed E-state index contributed by atoms with van der Waals surface area (Å²) in [5, 5.41) is 13.5. The predicted molar refractivity (Wildman–Crippen MR) is 114 cm³/mol. The number of amides is 1. The lowest BCUT2D eigenvalue weighted by Gasteiger charge is -2.00. The predicted octanol–water partition coefficient (Wildman–Crippen LogP) is 4.67. The fraction of sp³-hybridized carbons (Fsp3) is 0.136. The molecule has 28 heavy (non-hydrogen) atoms. The molecule has 1 fully saturated rings. The standard InChI is InChI=1S/C22H18N4OS/c1-14-9-15(2)11-17(10-14)24-22-25-21(27)20(28-22)12-16-13-26(8-7-23)19-6-4-3-5-18(16)19/h3-6,9-13H,8H2,1-2H3,(H,24,25,27)/b20-12-. The summed E-state index contributed by atoms with van der Waals surface area (Å²) in [6.07, 6.45) is 3.77. The van der Waals surface area contributed by atoms with E-state index in [1.54, 1.807) is 0 Å². The summed E-state index contributed by atoms with van der Waals surface area (Å²) < 4.78 is 1.89. The second kappa shape index (κ2) is 7.37. The molecular formula is C22H18N4OS. The zero-order valence-electron chi connectivity index (χ0n) is 15.6. The van der Waals surface area contributed by atoms with Crippen LogP contribution in [-0.2, 0) is 11.3 Å². The van der Waals surface area contributed by atoms with Crippen molar-refractivity contribution in [3.05, 3.63) is 70.3 Å². The van der Waals surface area contributed by atoms with Crippen LogP contribution in [0.4, 0.5) is 5.69 Å². The fourth-order valence-electron chi connectivity index (χ4n) is 3.35. The third-order valence-electron chi connectivity index (χ3n) is 4.44. The first kappa shape index (κ1) is 18.1. The molecule has 0 radical (unpaired) electrons. The summed E-state index contributed by atoms with van der Waals surface area (Å²) in [5.41, 5.74) is 4.98. The maximum absolute atomic E-state index is 12.4. The third-order valence-corrected chi connectivity index (χ3v) is 5.34. The fourth-order valence-corrected chi connectivity index (χ4v) is 4.18. The van der Waals surface area contributed by atoms with Gasteiger partial charge in [0.1, 0.15) is 6.54 Å². The molecule has 0 spiro atoms. The van der Waals surface area contributed by atoms with Crippen molar-refractivity contribution in [3.8, 4) is 6.07 Å². The lowest BCUT2D eigenvalue weighted by atomic mass is 10.1. The Labute approximate surface area is 167 Å². The number of nitrogens with zero attached hydrogens (tertiary/aromatic N) is 3. The monoisotopic (exact) mass is 386 g/mol. The molecule has 2 heterocycles. The van der Waals surface area contributed by atoms with E-state index >= 15 is 0 Å². The van der Waals surface area contributed by atoms with Crippen molar-refractivity contribution in [2.24, 2.45) is 4.99 Å². The Morgan fingerprint density at radius 3 is 2.71 bits per heavy atom. The van der Waals surface area contributed by atoms with Gasteiger partial charge >= 0.3 is 0 Å². The first-order chi connectivity index (χ1) is 13.5. The highest BCUT2D eigenvalue weighted by Crippen LogP contribution is 2.31. The van der Waals surface area contributed by atoms with Gasteiger partial charge in [0.2, 0.25) is 0 Å². The normalized spacial score (nSPS) is 16.7. The van der Waals surface area contributed by atoms with Crippen LogP contribution in [0.3, 0.4) is 0 Å². The van der Waals surface area contributed by atoms with Crippen LogP contribution in [-0.4, -0.2) is 15.6 Å². The molecule has 4 rings (SSSR count). The van der Waals surface area contributed by atoms with Gasteiger partial charge in [0.15, 0.2) is 5.17 Å². The van der Waals surface area contributed by atoms with Crippen molar-refractivity contribution >= 4 is 45.5 Å². The molecule has 3 aromatic rings. The minimum Gasteiger partial charge on any atom is -0.333 e. The van der Waals surface area contributed by atoms with E-state index in [1.165, 1.54) is 11.8 Å². The third kappa shape index (κ3) is 3.57. The van der Waals surface area contributed by atoms with Gasteiger partial charge in [-0.1, -0.05) is 24.3 Å². The maximum atomic E-state index is 12.4. The van der Waals surface area contributed by atoms with Gasteiger partial charge in [-0.25, -0.2) is 4.99 Å². The van der Waals surface area contributed by atoms with Crippen molar-refractivity contribution in [3.63, 3.8) is 0 Å². The number of hydrogen-bond donors (Lipinski definition) is 1. The van der Waals surface area contributed by atoms with Gasteiger partial charge in [0.25, 0.3) is 5.91 Å². The second-order valence-corrected chi connectivity index (χ2v) is 7.75. The second-order valence-electron chi connectivity index (χ2n) is 6.72.